The number of aryl methyl sites for hydroxylation is 1. The molecule has 1 aliphatic rings. The van der Waals surface area contributed by atoms with E-state index >= 15 is 0 Å². The number of nitrogens with one attached hydrogen (secondary N) is 1. The van der Waals surface area contributed by atoms with Gasteiger partial charge in [0.2, 0.25) is 0 Å². The zero-order valence-corrected chi connectivity index (χ0v) is 11.7. The number of halogens is 1. The van der Waals surface area contributed by atoms with Crippen LogP contribution in [0.15, 0.2) is 18.2 Å². The van der Waals surface area contributed by atoms with E-state index in [1.54, 1.807) is 0 Å². The van der Waals surface area contributed by atoms with Crippen molar-refractivity contribution >= 4 is 17.3 Å². The van der Waals surface area contributed by atoms with Gasteiger partial charge in [-0.2, -0.15) is 0 Å². The number of anilines is 1. The van der Waals surface area contributed by atoms with Crippen molar-refractivity contribution in [3.05, 3.63) is 28.8 Å². The first-order valence-corrected chi connectivity index (χ1v) is 6.95. The van der Waals surface area contributed by atoms with Crippen molar-refractivity contribution in [1.29, 1.82) is 0 Å². The molecule has 0 saturated heterocycles. The highest BCUT2D eigenvalue weighted by Crippen LogP contribution is 2.33. The van der Waals surface area contributed by atoms with Crippen molar-refractivity contribution < 1.29 is 0 Å². The fourth-order valence-electron chi connectivity index (χ4n) is 3.08. The normalized spacial score (nSPS) is 29.1. The van der Waals surface area contributed by atoms with Gasteiger partial charge < -0.3 is 5.32 Å². The van der Waals surface area contributed by atoms with Crippen molar-refractivity contribution in [2.75, 3.05) is 5.32 Å². The van der Waals surface area contributed by atoms with Gasteiger partial charge in [0.05, 0.1) is 10.7 Å². The second kappa shape index (κ2) is 5.30. The molecular formula is C15H22ClN. The highest BCUT2D eigenvalue weighted by atomic mass is 35.5. The minimum atomic E-state index is 0.576. The van der Waals surface area contributed by atoms with E-state index < -0.39 is 0 Å². The first-order chi connectivity index (χ1) is 8.06. The number of hydrogen-bond donors (Lipinski definition) is 1. The van der Waals surface area contributed by atoms with Crippen molar-refractivity contribution in [2.45, 2.75) is 46.1 Å². The highest BCUT2D eigenvalue weighted by Gasteiger charge is 2.24. The van der Waals surface area contributed by atoms with Crippen molar-refractivity contribution in [2.24, 2.45) is 11.8 Å². The van der Waals surface area contributed by atoms with Gasteiger partial charge in [-0.25, -0.2) is 0 Å². The zero-order valence-electron chi connectivity index (χ0n) is 11.0. The molecule has 1 fully saturated rings. The Morgan fingerprint density at radius 1 is 1.12 bits per heavy atom. The molecule has 0 radical (unpaired) electrons. The molecule has 2 heteroatoms. The van der Waals surface area contributed by atoms with E-state index in [4.69, 9.17) is 11.6 Å². The van der Waals surface area contributed by atoms with Gasteiger partial charge in [0, 0.05) is 6.04 Å². The second-order valence-corrected chi connectivity index (χ2v) is 6.10. The van der Waals surface area contributed by atoms with Gasteiger partial charge in [0.15, 0.2) is 0 Å². The van der Waals surface area contributed by atoms with Gasteiger partial charge in [-0.3, -0.25) is 0 Å². The van der Waals surface area contributed by atoms with E-state index in [9.17, 15) is 0 Å². The molecular weight excluding hydrogens is 230 g/mol. The van der Waals surface area contributed by atoms with E-state index in [1.807, 2.05) is 12.1 Å². The Morgan fingerprint density at radius 3 is 2.35 bits per heavy atom. The maximum atomic E-state index is 6.26. The molecule has 0 spiro atoms. The molecule has 0 heterocycles. The summed E-state index contributed by atoms with van der Waals surface area (Å²) in [5.74, 6) is 1.64. The van der Waals surface area contributed by atoms with Gasteiger partial charge in [-0.1, -0.05) is 37.6 Å². The molecule has 1 aromatic rings. The molecule has 1 saturated carbocycles. The molecule has 0 aromatic heterocycles. The van der Waals surface area contributed by atoms with E-state index in [-0.39, 0.29) is 0 Å². The molecule has 1 N–H and O–H groups in total. The maximum Gasteiger partial charge on any atom is 0.0640 e. The SMILES string of the molecule is Cc1cccc(Cl)c1NC1CC(C)CC(C)C1. The Morgan fingerprint density at radius 2 is 1.76 bits per heavy atom. The molecule has 0 amide bonds. The van der Waals surface area contributed by atoms with Crippen LogP contribution in [0, 0.1) is 18.8 Å². The first-order valence-electron chi connectivity index (χ1n) is 6.58. The van der Waals surface area contributed by atoms with Gasteiger partial charge in [0.25, 0.3) is 0 Å². The van der Waals surface area contributed by atoms with E-state index in [2.05, 4.69) is 32.2 Å². The van der Waals surface area contributed by atoms with Crippen LogP contribution in [0.2, 0.25) is 5.02 Å². The van der Waals surface area contributed by atoms with E-state index in [1.165, 1.54) is 24.8 Å². The highest BCUT2D eigenvalue weighted by molar-refractivity contribution is 6.33. The largest absolute Gasteiger partial charge is 0.381 e. The number of benzene rings is 1. The second-order valence-electron chi connectivity index (χ2n) is 5.69. The van der Waals surface area contributed by atoms with Crippen LogP contribution in [-0.2, 0) is 0 Å². The topological polar surface area (TPSA) is 12.0 Å². The van der Waals surface area contributed by atoms with E-state index in [0.717, 1.165) is 22.5 Å². The summed E-state index contributed by atoms with van der Waals surface area (Å²) in [7, 11) is 0. The maximum absolute atomic E-state index is 6.26. The average Bonchev–Trinajstić information content (AvgIpc) is 2.22. The summed E-state index contributed by atoms with van der Waals surface area (Å²) >= 11 is 6.26. The fourth-order valence-corrected chi connectivity index (χ4v) is 3.36. The van der Waals surface area contributed by atoms with Gasteiger partial charge in [-0.15, -0.1) is 0 Å². The van der Waals surface area contributed by atoms with Crippen molar-refractivity contribution in [3.8, 4) is 0 Å². The third-order valence-corrected chi connectivity index (χ3v) is 4.06. The zero-order chi connectivity index (χ0) is 12.4. The summed E-state index contributed by atoms with van der Waals surface area (Å²) in [4.78, 5) is 0. The smallest absolute Gasteiger partial charge is 0.0640 e. The number of rotatable bonds is 2. The molecule has 0 bridgehead atoms. The van der Waals surface area contributed by atoms with Crippen molar-refractivity contribution in [3.63, 3.8) is 0 Å². The Kier molecular flexibility index (Phi) is 3.98. The molecule has 2 unspecified atom stereocenters. The molecule has 17 heavy (non-hydrogen) atoms. The Balaban J connectivity index is 2.10. The Bertz CT molecular complexity index is 358. The van der Waals surface area contributed by atoms with Crippen molar-refractivity contribution in [1.82, 2.24) is 0 Å². The van der Waals surface area contributed by atoms with Gasteiger partial charge >= 0.3 is 0 Å². The van der Waals surface area contributed by atoms with Gasteiger partial charge in [0.1, 0.15) is 0 Å². The molecule has 2 rings (SSSR count). The van der Waals surface area contributed by atoms with Crippen LogP contribution < -0.4 is 5.32 Å². The van der Waals surface area contributed by atoms with Crippen LogP contribution in [0.25, 0.3) is 0 Å². The monoisotopic (exact) mass is 251 g/mol. The quantitative estimate of drug-likeness (QED) is 0.790. The van der Waals surface area contributed by atoms with Crippen LogP contribution in [0.5, 0.6) is 0 Å². The van der Waals surface area contributed by atoms with Crippen LogP contribution in [0.3, 0.4) is 0 Å². The Hall–Kier alpha value is -0.690. The molecule has 0 aliphatic heterocycles. The summed E-state index contributed by atoms with van der Waals surface area (Å²) in [5, 5.41) is 4.49. The number of para-hydroxylation sites is 1. The average molecular weight is 252 g/mol. The minimum absolute atomic E-state index is 0.576. The van der Waals surface area contributed by atoms with Crippen LogP contribution in [0.4, 0.5) is 5.69 Å². The third kappa shape index (κ3) is 3.16. The van der Waals surface area contributed by atoms with Crippen LogP contribution in [0.1, 0.15) is 38.7 Å². The predicted octanol–water partition coefficient (Wildman–Crippen LogP) is 4.89. The van der Waals surface area contributed by atoms with E-state index in [0.29, 0.717) is 6.04 Å². The summed E-state index contributed by atoms with van der Waals surface area (Å²) < 4.78 is 0. The summed E-state index contributed by atoms with van der Waals surface area (Å²) in [6.45, 7) is 6.82. The predicted molar refractivity (Wildman–Crippen MR) is 75.8 cm³/mol. The van der Waals surface area contributed by atoms with Crippen LogP contribution >= 0.6 is 11.6 Å². The minimum Gasteiger partial charge on any atom is -0.381 e. The lowest BCUT2D eigenvalue weighted by Gasteiger charge is -2.33. The fraction of sp³-hybridized carbons (Fsp3) is 0.600. The van der Waals surface area contributed by atoms with Crippen LogP contribution in [-0.4, -0.2) is 6.04 Å². The standard InChI is InChI=1S/C15H22ClN/c1-10-7-11(2)9-13(8-10)17-15-12(3)5-4-6-14(15)16/h4-6,10-11,13,17H,7-9H2,1-3H3. The molecule has 94 valence electrons. The summed E-state index contributed by atoms with van der Waals surface area (Å²) in [5.41, 5.74) is 2.36. The third-order valence-electron chi connectivity index (χ3n) is 3.75. The molecule has 1 aromatic carbocycles. The lowest BCUT2D eigenvalue weighted by Crippen LogP contribution is -2.30. The summed E-state index contributed by atoms with van der Waals surface area (Å²) in [6, 6.07) is 6.66. The number of hydrogen-bond acceptors (Lipinski definition) is 1. The lowest BCUT2D eigenvalue weighted by atomic mass is 9.80. The molecule has 2 atom stereocenters. The molecule has 1 aliphatic carbocycles. The molecule has 1 nitrogen and oxygen atoms in total. The van der Waals surface area contributed by atoms with Gasteiger partial charge in [-0.05, 0) is 49.7 Å². The Labute approximate surface area is 110 Å². The lowest BCUT2D eigenvalue weighted by molar-refractivity contribution is 0.281. The summed E-state index contributed by atoms with van der Waals surface area (Å²) in [6.07, 6.45) is 3.88. The first kappa shape index (κ1) is 12.8.